The lowest BCUT2D eigenvalue weighted by Crippen LogP contribution is -2.41. The topological polar surface area (TPSA) is 49.3 Å². The van der Waals surface area contributed by atoms with Crippen molar-refractivity contribution in [2.75, 3.05) is 6.54 Å². The number of rotatable bonds is 3. The minimum absolute atomic E-state index is 0.0697. The highest BCUT2D eigenvalue weighted by Gasteiger charge is 2.37. The number of allylic oxidation sites excluding steroid dienone is 2. The van der Waals surface area contributed by atoms with Crippen LogP contribution in [0.4, 0.5) is 0 Å². The standard InChI is InChI=1S/C17H21NO2/c19-16(14-7-2-1-3-8-14)18-12-17(20)11-10-13-6-4-5-9-15(13)17/h1-2,4-6,9,14,20H,3,7-8,10-12H2,(H,18,19). The van der Waals surface area contributed by atoms with Crippen LogP contribution in [0.1, 0.15) is 36.8 Å². The quantitative estimate of drug-likeness (QED) is 0.829. The highest BCUT2D eigenvalue weighted by atomic mass is 16.3. The number of amides is 1. The van der Waals surface area contributed by atoms with Crippen molar-refractivity contribution in [2.24, 2.45) is 5.92 Å². The number of hydrogen-bond acceptors (Lipinski definition) is 2. The van der Waals surface area contributed by atoms with Gasteiger partial charge in [0.15, 0.2) is 0 Å². The largest absolute Gasteiger partial charge is 0.383 e. The third-order valence-corrected chi connectivity index (χ3v) is 4.52. The second-order valence-corrected chi connectivity index (χ2v) is 5.89. The smallest absolute Gasteiger partial charge is 0.223 e. The van der Waals surface area contributed by atoms with E-state index in [1.165, 1.54) is 5.56 Å². The van der Waals surface area contributed by atoms with Gasteiger partial charge in [-0.3, -0.25) is 4.79 Å². The summed E-state index contributed by atoms with van der Waals surface area (Å²) in [5.41, 5.74) is 1.28. The Labute approximate surface area is 119 Å². The predicted octanol–water partition coefficient (Wildman–Crippen LogP) is 2.29. The second kappa shape index (κ2) is 5.41. The Bertz CT molecular complexity index is 538. The summed E-state index contributed by atoms with van der Waals surface area (Å²) in [5.74, 6) is 0.146. The number of nitrogens with one attached hydrogen (secondary N) is 1. The molecule has 2 aliphatic rings. The molecule has 2 unspecified atom stereocenters. The average molecular weight is 271 g/mol. The van der Waals surface area contributed by atoms with Gasteiger partial charge >= 0.3 is 0 Å². The summed E-state index contributed by atoms with van der Waals surface area (Å²) in [6.07, 6.45) is 8.49. The highest BCUT2D eigenvalue weighted by molar-refractivity contribution is 5.79. The fourth-order valence-electron chi connectivity index (χ4n) is 3.26. The lowest BCUT2D eigenvalue weighted by Gasteiger charge is -2.26. The molecule has 106 valence electrons. The number of hydrogen-bond donors (Lipinski definition) is 2. The Kier molecular flexibility index (Phi) is 3.62. The van der Waals surface area contributed by atoms with Crippen molar-refractivity contribution in [3.63, 3.8) is 0 Å². The van der Waals surface area contributed by atoms with Gasteiger partial charge < -0.3 is 10.4 Å². The summed E-state index contributed by atoms with van der Waals surface area (Å²) in [4.78, 5) is 12.2. The van der Waals surface area contributed by atoms with Gasteiger partial charge in [-0.25, -0.2) is 0 Å². The Morgan fingerprint density at radius 2 is 2.20 bits per heavy atom. The molecule has 0 fully saturated rings. The first-order chi connectivity index (χ1) is 9.69. The maximum absolute atomic E-state index is 12.2. The van der Waals surface area contributed by atoms with Crippen molar-refractivity contribution < 1.29 is 9.90 Å². The molecule has 3 nitrogen and oxygen atoms in total. The van der Waals surface area contributed by atoms with E-state index < -0.39 is 5.60 Å². The van der Waals surface area contributed by atoms with E-state index in [1.54, 1.807) is 0 Å². The average Bonchev–Trinajstić information content (AvgIpc) is 2.84. The van der Waals surface area contributed by atoms with Gasteiger partial charge in [0.25, 0.3) is 0 Å². The molecular weight excluding hydrogens is 250 g/mol. The summed E-state index contributed by atoms with van der Waals surface area (Å²) in [6.45, 7) is 0.322. The monoisotopic (exact) mass is 271 g/mol. The van der Waals surface area contributed by atoms with E-state index in [1.807, 2.05) is 18.2 Å². The molecule has 2 atom stereocenters. The normalized spacial score (nSPS) is 28.1. The number of carbonyl (C=O) groups excluding carboxylic acids is 1. The first kappa shape index (κ1) is 13.4. The maximum Gasteiger partial charge on any atom is 0.223 e. The molecule has 2 N–H and O–H groups in total. The second-order valence-electron chi connectivity index (χ2n) is 5.89. The van der Waals surface area contributed by atoms with Crippen molar-refractivity contribution in [2.45, 2.75) is 37.7 Å². The Morgan fingerprint density at radius 1 is 1.35 bits per heavy atom. The van der Waals surface area contributed by atoms with E-state index in [9.17, 15) is 9.90 Å². The van der Waals surface area contributed by atoms with Crippen molar-refractivity contribution in [1.29, 1.82) is 0 Å². The van der Waals surface area contributed by atoms with Gasteiger partial charge in [-0.15, -0.1) is 0 Å². The minimum Gasteiger partial charge on any atom is -0.383 e. The van der Waals surface area contributed by atoms with E-state index in [0.717, 1.165) is 31.2 Å². The molecule has 1 aromatic carbocycles. The van der Waals surface area contributed by atoms with Crippen LogP contribution in [0.3, 0.4) is 0 Å². The van der Waals surface area contributed by atoms with Gasteiger partial charge in [-0.2, -0.15) is 0 Å². The van der Waals surface area contributed by atoms with E-state index in [2.05, 4.69) is 23.5 Å². The molecule has 0 bridgehead atoms. The summed E-state index contributed by atoms with van der Waals surface area (Å²) >= 11 is 0. The lowest BCUT2D eigenvalue weighted by molar-refractivity contribution is -0.126. The van der Waals surface area contributed by atoms with Crippen LogP contribution >= 0.6 is 0 Å². The van der Waals surface area contributed by atoms with Crippen LogP contribution < -0.4 is 5.32 Å². The summed E-state index contributed by atoms with van der Waals surface area (Å²) in [6, 6.07) is 7.97. The fraction of sp³-hybridized carbons (Fsp3) is 0.471. The van der Waals surface area contributed by atoms with Gasteiger partial charge in [-0.1, -0.05) is 36.4 Å². The number of fused-ring (bicyclic) bond motifs is 1. The van der Waals surface area contributed by atoms with Crippen LogP contribution in [0, 0.1) is 5.92 Å². The number of carbonyl (C=O) groups is 1. The summed E-state index contributed by atoms with van der Waals surface area (Å²) in [5, 5.41) is 13.7. The van der Waals surface area contributed by atoms with E-state index in [0.29, 0.717) is 13.0 Å². The Hall–Kier alpha value is -1.61. The van der Waals surface area contributed by atoms with Crippen LogP contribution in [-0.2, 0) is 16.8 Å². The van der Waals surface area contributed by atoms with Gasteiger partial charge in [0.2, 0.25) is 5.91 Å². The minimum atomic E-state index is -0.892. The van der Waals surface area contributed by atoms with Crippen LogP contribution in [0.2, 0.25) is 0 Å². The molecule has 0 aliphatic heterocycles. The summed E-state index contributed by atoms with van der Waals surface area (Å²) in [7, 11) is 0. The molecule has 0 radical (unpaired) electrons. The SMILES string of the molecule is O=C(NCC1(O)CCc2ccccc21)C1CC=CCC1. The highest BCUT2D eigenvalue weighted by Crippen LogP contribution is 2.36. The number of aryl methyl sites for hydroxylation is 1. The zero-order chi connectivity index (χ0) is 14.0. The van der Waals surface area contributed by atoms with Crippen molar-refractivity contribution in [3.8, 4) is 0 Å². The lowest BCUT2D eigenvalue weighted by atomic mass is 9.92. The van der Waals surface area contributed by atoms with Gasteiger partial charge in [0.05, 0.1) is 6.54 Å². The molecule has 1 amide bonds. The van der Waals surface area contributed by atoms with Crippen molar-refractivity contribution >= 4 is 5.91 Å². The zero-order valence-corrected chi connectivity index (χ0v) is 11.6. The van der Waals surface area contributed by atoms with Gasteiger partial charge in [0.1, 0.15) is 5.60 Å². The number of aliphatic hydroxyl groups is 1. The Morgan fingerprint density at radius 3 is 3.00 bits per heavy atom. The maximum atomic E-state index is 12.2. The fourth-order valence-corrected chi connectivity index (χ4v) is 3.26. The van der Waals surface area contributed by atoms with Crippen LogP contribution in [0.25, 0.3) is 0 Å². The molecule has 0 saturated heterocycles. The molecule has 0 aromatic heterocycles. The molecule has 0 heterocycles. The van der Waals surface area contributed by atoms with E-state index in [4.69, 9.17) is 0 Å². The van der Waals surface area contributed by atoms with E-state index >= 15 is 0 Å². The molecule has 0 spiro atoms. The molecule has 3 heteroatoms. The summed E-state index contributed by atoms with van der Waals surface area (Å²) < 4.78 is 0. The molecule has 0 saturated carbocycles. The Balaban J connectivity index is 1.64. The molecule has 20 heavy (non-hydrogen) atoms. The molecule has 3 rings (SSSR count). The zero-order valence-electron chi connectivity index (χ0n) is 11.6. The van der Waals surface area contributed by atoms with Crippen LogP contribution in [0.15, 0.2) is 36.4 Å². The number of benzene rings is 1. The third kappa shape index (κ3) is 2.50. The first-order valence-electron chi connectivity index (χ1n) is 7.42. The predicted molar refractivity (Wildman–Crippen MR) is 78.2 cm³/mol. The van der Waals surface area contributed by atoms with Gasteiger partial charge in [0, 0.05) is 5.92 Å². The van der Waals surface area contributed by atoms with E-state index in [-0.39, 0.29) is 11.8 Å². The van der Waals surface area contributed by atoms with Crippen LogP contribution in [-0.4, -0.2) is 17.6 Å². The molecule has 1 aromatic rings. The first-order valence-corrected chi connectivity index (χ1v) is 7.42. The van der Waals surface area contributed by atoms with Gasteiger partial charge in [-0.05, 0) is 43.2 Å². The van der Waals surface area contributed by atoms with Crippen molar-refractivity contribution in [1.82, 2.24) is 5.32 Å². The van der Waals surface area contributed by atoms with Crippen molar-refractivity contribution in [3.05, 3.63) is 47.5 Å². The molecular formula is C17H21NO2. The molecule has 2 aliphatic carbocycles. The third-order valence-electron chi connectivity index (χ3n) is 4.52. The van der Waals surface area contributed by atoms with Crippen LogP contribution in [0.5, 0.6) is 0 Å².